The first-order valence-corrected chi connectivity index (χ1v) is 7.29. The first kappa shape index (κ1) is 15.7. The van der Waals surface area contributed by atoms with Gasteiger partial charge < -0.3 is 10.2 Å². The lowest BCUT2D eigenvalue weighted by Gasteiger charge is -2.27. The van der Waals surface area contributed by atoms with Gasteiger partial charge in [-0.05, 0) is 44.2 Å². The molecule has 0 atom stereocenters. The van der Waals surface area contributed by atoms with Crippen molar-refractivity contribution in [3.05, 3.63) is 60.2 Å². The van der Waals surface area contributed by atoms with Crippen molar-refractivity contribution in [1.29, 1.82) is 0 Å². The molecule has 0 saturated heterocycles. The van der Waals surface area contributed by atoms with Crippen LogP contribution in [0.5, 0.6) is 0 Å². The Hall–Kier alpha value is -2.73. The Kier molecular flexibility index (Phi) is 5.21. The molecule has 0 heterocycles. The van der Waals surface area contributed by atoms with Crippen LogP contribution in [0, 0.1) is 12.3 Å². The normalized spacial score (nSPS) is 10.1. The molecular weight excluding hydrogens is 272 g/mol. The van der Waals surface area contributed by atoms with Crippen molar-refractivity contribution in [3.63, 3.8) is 0 Å². The highest BCUT2D eigenvalue weighted by Gasteiger charge is 2.18. The van der Waals surface area contributed by atoms with Gasteiger partial charge >= 0.3 is 0 Å². The molecule has 0 unspecified atom stereocenters. The first-order chi connectivity index (χ1) is 10.6. The van der Waals surface area contributed by atoms with Gasteiger partial charge in [-0.3, -0.25) is 4.79 Å². The van der Waals surface area contributed by atoms with Gasteiger partial charge in [-0.2, -0.15) is 0 Å². The number of nitrogens with zero attached hydrogens (tertiary/aromatic N) is 1. The molecule has 2 aromatic carbocycles. The molecule has 0 saturated carbocycles. The smallest absolute Gasteiger partial charge is 0.246 e. The van der Waals surface area contributed by atoms with Gasteiger partial charge in [0.2, 0.25) is 5.91 Å². The molecule has 112 valence electrons. The summed E-state index contributed by atoms with van der Waals surface area (Å²) in [5.74, 6) is 2.61. The number of hydrogen-bond donors (Lipinski definition) is 1. The maximum atomic E-state index is 12.5. The van der Waals surface area contributed by atoms with Crippen LogP contribution in [0.25, 0.3) is 0 Å². The average Bonchev–Trinajstić information content (AvgIpc) is 2.54. The molecule has 22 heavy (non-hydrogen) atoms. The number of rotatable bonds is 5. The van der Waals surface area contributed by atoms with Gasteiger partial charge in [-0.15, -0.1) is 6.42 Å². The predicted molar refractivity (Wildman–Crippen MR) is 91.9 cm³/mol. The van der Waals surface area contributed by atoms with E-state index in [4.69, 9.17) is 6.42 Å². The van der Waals surface area contributed by atoms with Crippen molar-refractivity contribution in [3.8, 4) is 12.3 Å². The van der Waals surface area contributed by atoms with E-state index >= 15 is 0 Å². The van der Waals surface area contributed by atoms with E-state index in [-0.39, 0.29) is 18.5 Å². The third-order valence-corrected chi connectivity index (χ3v) is 3.29. The monoisotopic (exact) mass is 292 g/mol. The molecule has 0 fully saturated rings. The summed E-state index contributed by atoms with van der Waals surface area (Å²) in [5.41, 5.74) is 2.54. The molecule has 0 aliphatic heterocycles. The van der Waals surface area contributed by atoms with Gasteiger partial charge in [0.15, 0.2) is 0 Å². The Morgan fingerprint density at radius 1 is 1.18 bits per heavy atom. The molecule has 1 amide bonds. The van der Waals surface area contributed by atoms with E-state index < -0.39 is 0 Å². The SMILES string of the molecule is C#Cc1cccc(NCC(=O)N(c2ccccc2)C(C)C)c1. The van der Waals surface area contributed by atoms with Crippen LogP contribution in [-0.2, 0) is 4.79 Å². The molecule has 0 aliphatic rings. The number of anilines is 2. The Labute approximate surface area is 132 Å². The molecule has 3 nitrogen and oxygen atoms in total. The lowest BCUT2D eigenvalue weighted by molar-refractivity contribution is -0.117. The van der Waals surface area contributed by atoms with Gasteiger partial charge in [0, 0.05) is 23.0 Å². The van der Waals surface area contributed by atoms with E-state index in [2.05, 4.69) is 11.2 Å². The fourth-order valence-corrected chi connectivity index (χ4v) is 2.30. The van der Waals surface area contributed by atoms with Crippen LogP contribution < -0.4 is 10.2 Å². The van der Waals surface area contributed by atoms with Crippen molar-refractivity contribution < 1.29 is 4.79 Å². The Morgan fingerprint density at radius 3 is 2.55 bits per heavy atom. The maximum absolute atomic E-state index is 12.5. The van der Waals surface area contributed by atoms with Crippen LogP contribution in [0.3, 0.4) is 0 Å². The van der Waals surface area contributed by atoms with Crippen LogP contribution >= 0.6 is 0 Å². The molecule has 0 aliphatic carbocycles. The summed E-state index contributed by atoms with van der Waals surface area (Å²) in [4.78, 5) is 14.3. The van der Waals surface area contributed by atoms with Gasteiger partial charge in [0.1, 0.15) is 0 Å². The summed E-state index contributed by atoms with van der Waals surface area (Å²) in [6.45, 7) is 4.23. The first-order valence-electron chi connectivity index (χ1n) is 7.29. The molecular formula is C19H20N2O. The molecule has 0 aromatic heterocycles. The van der Waals surface area contributed by atoms with Crippen molar-refractivity contribution in [2.45, 2.75) is 19.9 Å². The summed E-state index contributed by atoms with van der Waals surface area (Å²) >= 11 is 0. The summed E-state index contributed by atoms with van der Waals surface area (Å²) < 4.78 is 0. The highest BCUT2D eigenvalue weighted by atomic mass is 16.2. The Bertz CT molecular complexity index is 671. The van der Waals surface area contributed by atoms with Crippen molar-refractivity contribution in [2.75, 3.05) is 16.8 Å². The topological polar surface area (TPSA) is 32.3 Å². The summed E-state index contributed by atoms with van der Waals surface area (Å²) in [6.07, 6.45) is 5.39. The number of hydrogen-bond acceptors (Lipinski definition) is 2. The quantitative estimate of drug-likeness (QED) is 0.855. The minimum atomic E-state index is 0.0207. The highest BCUT2D eigenvalue weighted by molar-refractivity contribution is 5.96. The van der Waals surface area contributed by atoms with Crippen LogP contribution in [0.4, 0.5) is 11.4 Å². The van der Waals surface area contributed by atoms with Crippen molar-refractivity contribution in [1.82, 2.24) is 0 Å². The van der Waals surface area contributed by atoms with Crippen LogP contribution in [0.15, 0.2) is 54.6 Å². The van der Waals surface area contributed by atoms with Gasteiger partial charge in [-0.1, -0.05) is 30.2 Å². The molecule has 0 radical (unpaired) electrons. The number of carbonyl (C=O) groups excluding carboxylic acids is 1. The van der Waals surface area contributed by atoms with Crippen molar-refractivity contribution >= 4 is 17.3 Å². The lowest BCUT2D eigenvalue weighted by atomic mass is 10.2. The average molecular weight is 292 g/mol. The zero-order valence-electron chi connectivity index (χ0n) is 12.9. The molecule has 0 bridgehead atoms. The number of carbonyl (C=O) groups is 1. The molecule has 2 rings (SSSR count). The van der Waals surface area contributed by atoms with Gasteiger partial charge in [-0.25, -0.2) is 0 Å². The van der Waals surface area contributed by atoms with E-state index in [1.165, 1.54) is 0 Å². The number of para-hydroxylation sites is 1. The summed E-state index contributed by atoms with van der Waals surface area (Å²) in [5, 5.41) is 3.14. The third kappa shape index (κ3) is 3.89. The minimum Gasteiger partial charge on any atom is -0.376 e. The Balaban J connectivity index is 2.08. The minimum absolute atomic E-state index is 0.0207. The second-order valence-electron chi connectivity index (χ2n) is 5.27. The second kappa shape index (κ2) is 7.33. The van der Waals surface area contributed by atoms with E-state index in [9.17, 15) is 4.79 Å². The molecule has 3 heteroatoms. The molecule has 2 aromatic rings. The predicted octanol–water partition coefficient (Wildman–Crippen LogP) is 3.52. The number of amides is 1. The summed E-state index contributed by atoms with van der Waals surface area (Å²) in [6, 6.07) is 17.3. The largest absolute Gasteiger partial charge is 0.376 e. The van der Waals surface area contributed by atoms with E-state index in [0.717, 1.165) is 16.9 Å². The van der Waals surface area contributed by atoms with Gasteiger partial charge in [0.25, 0.3) is 0 Å². The number of benzene rings is 2. The number of nitrogens with one attached hydrogen (secondary N) is 1. The Morgan fingerprint density at radius 2 is 1.91 bits per heavy atom. The zero-order valence-corrected chi connectivity index (χ0v) is 12.9. The molecule has 1 N–H and O–H groups in total. The summed E-state index contributed by atoms with van der Waals surface area (Å²) in [7, 11) is 0. The maximum Gasteiger partial charge on any atom is 0.246 e. The zero-order chi connectivity index (χ0) is 15.9. The van der Waals surface area contributed by atoms with Crippen LogP contribution in [-0.4, -0.2) is 18.5 Å². The molecule has 0 spiro atoms. The van der Waals surface area contributed by atoms with Crippen LogP contribution in [0.2, 0.25) is 0 Å². The highest BCUT2D eigenvalue weighted by Crippen LogP contribution is 2.17. The fourth-order valence-electron chi connectivity index (χ4n) is 2.30. The van der Waals surface area contributed by atoms with E-state index in [1.807, 2.05) is 68.4 Å². The van der Waals surface area contributed by atoms with Crippen molar-refractivity contribution in [2.24, 2.45) is 0 Å². The lowest BCUT2D eigenvalue weighted by Crippen LogP contribution is -2.40. The second-order valence-corrected chi connectivity index (χ2v) is 5.27. The van der Waals surface area contributed by atoms with Gasteiger partial charge in [0.05, 0.1) is 6.54 Å². The fraction of sp³-hybridized carbons (Fsp3) is 0.211. The standard InChI is InChI=1S/C19H20N2O/c1-4-16-9-8-10-17(13-16)20-14-19(22)21(15(2)3)18-11-6-5-7-12-18/h1,5-13,15,20H,14H2,2-3H3. The van der Waals surface area contributed by atoms with E-state index in [0.29, 0.717) is 0 Å². The van der Waals surface area contributed by atoms with E-state index in [1.54, 1.807) is 4.90 Å². The van der Waals surface area contributed by atoms with Crippen LogP contribution in [0.1, 0.15) is 19.4 Å². The third-order valence-electron chi connectivity index (χ3n) is 3.29. The number of terminal acetylenes is 1.